The highest BCUT2D eigenvalue weighted by atomic mass is 16.1. The summed E-state index contributed by atoms with van der Waals surface area (Å²) in [4.78, 5) is 11.8. The van der Waals surface area contributed by atoms with Gasteiger partial charge in [-0.1, -0.05) is 64.1 Å². The van der Waals surface area contributed by atoms with Crippen molar-refractivity contribution in [1.29, 1.82) is 0 Å². The Morgan fingerprint density at radius 3 is 2.57 bits per heavy atom. The van der Waals surface area contributed by atoms with Crippen molar-refractivity contribution in [1.82, 2.24) is 5.32 Å². The summed E-state index contributed by atoms with van der Waals surface area (Å²) in [6.07, 6.45) is 4.92. The minimum absolute atomic E-state index is 0.0323. The fourth-order valence-electron chi connectivity index (χ4n) is 2.98. The van der Waals surface area contributed by atoms with Gasteiger partial charge in [0, 0.05) is 6.54 Å². The quantitative estimate of drug-likeness (QED) is 0.791. The molecule has 21 heavy (non-hydrogen) atoms. The minimum atomic E-state index is 0.0323. The Kier molecular flexibility index (Phi) is 4.87. The van der Waals surface area contributed by atoms with Gasteiger partial charge in [-0.3, -0.25) is 4.79 Å². The van der Waals surface area contributed by atoms with Gasteiger partial charge in [0.15, 0.2) is 0 Å². The third-order valence-corrected chi connectivity index (χ3v) is 4.58. The molecule has 1 aliphatic rings. The van der Waals surface area contributed by atoms with Gasteiger partial charge in [-0.2, -0.15) is 0 Å². The van der Waals surface area contributed by atoms with E-state index in [1.165, 1.54) is 5.56 Å². The van der Waals surface area contributed by atoms with E-state index >= 15 is 0 Å². The van der Waals surface area contributed by atoms with Crippen LogP contribution in [0.15, 0.2) is 42.5 Å². The largest absolute Gasteiger partial charge is 0.352 e. The van der Waals surface area contributed by atoms with Crippen LogP contribution in [0.2, 0.25) is 0 Å². The van der Waals surface area contributed by atoms with Gasteiger partial charge in [0.1, 0.15) is 0 Å². The normalized spacial score (nSPS) is 23.5. The molecule has 1 N–H and O–H groups in total. The van der Waals surface area contributed by atoms with Crippen LogP contribution in [0.25, 0.3) is 0 Å². The molecule has 2 heteroatoms. The molecular weight excluding hydrogens is 258 g/mol. The zero-order valence-corrected chi connectivity index (χ0v) is 13.6. The highest BCUT2D eigenvalue weighted by Gasteiger charge is 2.55. The van der Waals surface area contributed by atoms with Crippen molar-refractivity contribution in [3.63, 3.8) is 0 Å². The summed E-state index contributed by atoms with van der Waals surface area (Å²) in [6.45, 7) is 9.53. The van der Waals surface area contributed by atoms with Crippen molar-refractivity contribution in [2.45, 2.75) is 34.1 Å². The maximum atomic E-state index is 11.8. The molecule has 2 unspecified atom stereocenters. The summed E-state index contributed by atoms with van der Waals surface area (Å²) in [7, 11) is 0. The number of carbonyl (C=O) groups excluding carboxylic acids is 1. The second kappa shape index (κ2) is 6.46. The van der Waals surface area contributed by atoms with E-state index in [1.807, 2.05) is 0 Å². The number of hydrogen-bond acceptors (Lipinski definition) is 1. The average molecular weight is 285 g/mol. The Balaban J connectivity index is 1.88. The van der Waals surface area contributed by atoms with Gasteiger partial charge in [0.25, 0.3) is 0 Å². The molecule has 2 rings (SSSR count). The van der Waals surface area contributed by atoms with Crippen LogP contribution >= 0.6 is 0 Å². The zero-order chi connectivity index (χ0) is 15.5. The van der Waals surface area contributed by atoms with Crippen LogP contribution in [0.1, 0.15) is 33.3 Å². The van der Waals surface area contributed by atoms with Crippen LogP contribution in [0.3, 0.4) is 0 Å². The molecule has 0 heterocycles. The third-order valence-electron chi connectivity index (χ3n) is 4.58. The van der Waals surface area contributed by atoms with Gasteiger partial charge in [0.2, 0.25) is 5.91 Å². The number of amides is 1. The monoisotopic (exact) mass is 285 g/mol. The molecule has 0 radical (unpaired) electrons. The van der Waals surface area contributed by atoms with E-state index in [0.717, 1.165) is 13.0 Å². The minimum Gasteiger partial charge on any atom is -0.352 e. The third kappa shape index (κ3) is 4.20. The molecule has 0 aliphatic heterocycles. The Labute approximate surface area is 128 Å². The van der Waals surface area contributed by atoms with E-state index in [1.54, 1.807) is 6.08 Å². The Hall–Kier alpha value is -1.57. The van der Waals surface area contributed by atoms with Gasteiger partial charge >= 0.3 is 0 Å². The molecule has 0 saturated heterocycles. The summed E-state index contributed by atoms with van der Waals surface area (Å²) < 4.78 is 0. The molecule has 2 atom stereocenters. The van der Waals surface area contributed by atoms with E-state index in [9.17, 15) is 4.79 Å². The van der Waals surface area contributed by atoms with E-state index in [0.29, 0.717) is 23.2 Å². The van der Waals surface area contributed by atoms with Gasteiger partial charge < -0.3 is 5.32 Å². The lowest BCUT2D eigenvalue weighted by molar-refractivity contribution is -0.116. The summed E-state index contributed by atoms with van der Waals surface area (Å²) in [6, 6.07) is 10.6. The molecule has 114 valence electrons. The van der Waals surface area contributed by atoms with Gasteiger partial charge in [-0.25, -0.2) is 0 Å². The number of nitrogens with one attached hydrogen (secondary N) is 1. The lowest BCUT2D eigenvalue weighted by Gasteiger charge is -2.04. The molecular formula is C19H27NO. The highest BCUT2D eigenvalue weighted by molar-refractivity contribution is 5.87. The van der Waals surface area contributed by atoms with E-state index in [4.69, 9.17) is 0 Å². The van der Waals surface area contributed by atoms with Crippen molar-refractivity contribution in [3.05, 3.63) is 48.0 Å². The summed E-state index contributed by atoms with van der Waals surface area (Å²) in [5.41, 5.74) is 1.68. The fraction of sp³-hybridized carbons (Fsp3) is 0.526. The van der Waals surface area contributed by atoms with Crippen LogP contribution in [0, 0.1) is 23.2 Å². The molecule has 1 fully saturated rings. The van der Waals surface area contributed by atoms with Crippen LogP contribution in [-0.4, -0.2) is 12.5 Å². The average Bonchev–Trinajstić information content (AvgIpc) is 2.95. The second-order valence-electron chi connectivity index (χ2n) is 7.14. The van der Waals surface area contributed by atoms with Crippen LogP contribution in [0.5, 0.6) is 0 Å². The first-order chi connectivity index (χ1) is 9.91. The first-order valence-electron chi connectivity index (χ1n) is 7.91. The Morgan fingerprint density at radius 2 is 1.95 bits per heavy atom. The zero-order valence-electron chi connectivity index (χ0n) is 13.6. The van der Waals surface area contributed by atoms with Gasteiger partial charge in [0.05, 0.1) is 0 Å². The highest BCUT2D eigenvalue weighted by Crippen LogP contribution is 2.60. The molecule has 1 aliphatic carbocycles. The van der Waals surface area contributed by atoms with Crippen molar-refractivity contribution in [2.75, 3.05) is 6.54 Å². The summed E-state index contributed by atoms with van der Waals surface area (Å²) in [5.74, 6) is 1.66. The predicted molar refractivity (Wildman–Crippen MR) is 87.9 cm³/mol. The van der Waals surface area contributed by atoms with E-state index < -0.39 is 0 Å². The first-order valence-corrected chi connectivity index (χ1v) is 7.91. The molecule has 0 bridgehead atoms. The number of allylic oxidation sites excluding steroid dienone is 1. The topological polar surface area (TPSA) is 29.1 Å². The molecule has 2 nitrogen and oxygen atoms in total. The SMILES string of the molecule is CC(C)CNC(=O)/C=C/C1C(Cc2ccccc2)C1(C)C. The number of benzene rings is 1. The van der Waals surface area contributed by atoms with Crippen LogP contribution < -0.4 is 5.32 Å². The molecule has 1 aromatic rings. The van der Waals surface area contributed by atoms with Crippen molar-refractivity contribution >= 4 is 5.91 Å². The second-order valence-corrected chi connectivity index (χ2v) is 7.14. The van der Waals surface area contributed by atoms with Crippen LogP contribution in [-0.2, 0) is 11.2 Å². The lowest BCUT2D eigenvalue weighted by Crippen LogP contribution is -2.25. The maximum Gasteiger partial charge on any atom is 0.243 e. The number of rotatable bonds is 6. The molecule has 1 saturated carbocycles. The van der Waals surface area contributed by atoms with Crippen LogP contribution in [0.4, 0.5) is 0 Å². The van der Waals surface area contributed by atoms with E-state index in [-0.39, 0.29) is 5.91 Å². The Bertz CT molecular complexity index is 502. The Morgan fingerprint density at radius 1 is 1.29 bits per heavy atom. The molecule has 0 aromatic heterocycles. The number of hydrogen-bond donors (Lipinski definition) is 1. The predicted octanol–water partition coefficient (Wildman–Crippen LogP) is 3.83. The number of carbonyl (C=O) groups is 1. The molecule has 1 amide bonds. The van der Waals surface area contributed by atoms with Gasteiger partial charge in [-0.15, -0.1) is 0 Å². The summed E-state index contributed by atoms with van der Waals surface area (Å²) in [5, 5.41) is 2.93. The fourth-order valence-corrected chi connectivity index (χ4v) is 2.98. The maximum absolute atomic E-state index is 11.8. The standard InChI is InChI=1S/C19H27NO/c1-14(2)13-20-18(21)11-10-16-17(19(16,3)4)12-15-8-6-5-7-9-15/h5-11,14,16-17H,12-13H2,1-4H3,(H,20,21)/b11-10+. The molecule has 1 aromatic carbocycles. The van der Waals surface area contributed by atoms with Crippen molar-refractivity contribution in [2.24, 2.45) is 23.2 Å². The van der Waals surface area contributed by atoms with E-state index in [2.05, 4.69) is 69.4 Å². The smallest absolute Gasteiger partial charge is 0.243 e. The molecule has 0 spiro atoms. The first kappa shape index (κ1) is 15.8. The van der Waals surface area contributed by atoms with Crippen molar-refractivity contribution < 1.29 is 4.79 Å². The van der Waals surface area contributed by atoms with Gasteiger partial charge in [-0.05, 0) is 41.2 Å². The van der Waals surface area contributed by atoms with Crippen molar-refractivity contribution in [3.8, 4) is 0 Å². The summed E-state index contributed by atoms with van der Waals surface area (Å²) >= 11 is 0. The lowest BCUT2D eigenvalue weighted by atomic mass is 10.0.